The van der Waals surface area contributed by atoms with E-state index in [-0.39, 0.29) is 78.4 Å². The van der Waals surface area contributed by atoms with E-state index in [4.69, 9.17) is 9.72 Å². The van der Waals surface area contributed by atoms with E-state index in [0.29, 0.717) is 16.9 Å². The van der Waals surface area contributed by atoms with Gasteiger partial charge >= 0.3 is 0 Å². The second-order valence-electron chi connectivity index (χ2n) is 24.8. The molecule has 10 aromatic rings. The van der Waals surface area contributed by atoms with Gasteiger partial charge in [0.1, 0.15) is 5.82 Å². The van der Waals surface area contributed by atoms with Gasteiger partial charge in [0.2, 0.25) is 11.6 Å². The Bertz CT molecular complexity index is 4230. The maximum Gasteiger partial charge on any atom is 0.200 e. The molecule has 1 aliphatic rings. The van der Waals surface area contributed by atoms with Crippen LogP contribution in [0.15, 0.2) is 115 Å². The first kappa shape index (κ1) is 62.2. The van der Waals surface area contributed by atoms with Crippen LogP contribution in [0.2, 0.25) is 0 Å². The van der Waals surface area contributed by atoms with Crippen LogP contribution < -0.4 is 14.5 Å². The van der Waals surface area contributed by atoms with Gasteiger partial charge in [-0.1, -0.05) is 131 Å². The van der Waals surface area contributed by atoms with Gasteiger partial charge in [-0.3, -0.25) is 0 Å². The summed E-state index contributed by atoms with van der Waals surface area (Å²) in [6.07, 6.45) is 1.78. The van der Waals surface area contributed by atoms with Crippen molar-refractivity contribution < 1.29 is 69.7 Å². The van der Waals surface area contributed by atoms with Crippen LogP contribution in [-0.2, 0) is 31.9 Å². The number of para-hydroxylation sites is 3. The van der Waals surface area contributed by atoms with Gasteiger partial charge in [0.25, 0.3) is 0 Å². The van der Waals surface area contributed by atoms with E-state index in [1.807, 2.05) is 59.2 Å². The summed E-state index contributed by atoms with van der Waals surface area (Å²) in [6, 6.07) is 39.2. The molecule has 0 spiro atoms. The Morgan fingerprint density at radius 2 is 0.989 bits per heavy atom. The molecule has 452 valence electrons. The number of benzene rings is 8. The summed E-state index contributed by atoms with van der Waals surface area (Å²) in [4.78, 5) is 7.55. The normalized spacial score (nSPS) is 12.8. The number of rotatable bonds is 11. The number of anilines is 4. The fourth-order valence-corrected chi connectivity index (χ4v) is 11.3. The number of nitrogens with zero attached hydrogens (tertiary/aromatic N) is 4. The number of halogens is 10. The van der Waals surface area contributed by atoms with E-state index in [0.717, 1.165) is 61.1 Å². The molecule has 0 aliphatic carbocycles. The zero-order valence-corrected chi connectivity index (χ0v) is 51.8. The zero-order chi connectivity index (χ0) is 61.9. The molecule has 0 saturated heterocycles. The molecular weight excluding hydrogens is 1310 g/mol. The molecule has 87 heavy (non-hydrogen) atoms. The van der Waals surface area contributed by atoms with E-state index in [2.05, 4.69) is 86.6 Å². The maximum atomic E-state index is 16.6. The molecule has 16 heteroatoms. The van der Waals surface area contributed by atoms with Gasteiger partial charge in [-0.25, -0.2) is 48.9 Å². The Hall–Kier alpha value is -7.90. The molecule has 3 heterocycles. The molecular formula is C71H59F10N4OPt-3. The SMILES string of the molecule is CC(C)c1cc(C(C)C)c(-c2cc(Oc3[c-]c4c(cc3)c3ccccc3n4-c3cc(C(C)(C)C)ccn3)[c-]c(N3[CH-]N(c4c(-c5c(F)c(F)c(F)c(F)c5F)cc(C(C)(C)C)cc4-c4c(F)c(F)c(F)c(F)c4F)c4ccccc43)c2)c(C(C)C)c1.[Pt]. The van der Waals surface area contributed by atoms with E-state index in [1.54, 1.807) is 56.1 Å². The predicted molar refractivity (Wildman–Crippen MR) is 320 cm³/mol. The third-order valence-corrected chi connectivity index (χ3v) is 15.9. The minimum atomic E-state index is -2.49. The van der Waals surface area contributed by atoms with Crippen LogP contribution in [0.1, 0.15) is 129 Å². The first-order valence-electron chi connectivity index (χ1n) is 28.2. The summed E-state index contributed by atoms with van der Waals surface area (Å²) in [7, 11) is 0. The summed E-state index contributed by atoms with van der Waals surface area (Å²) in [5.74, 6) is -22.4. The van der Waals surface area contributed by atoms with Crippen molar-refractivity contribution in [3.8, 4) is 50.7 Å². The molecule has 1 aliphatic heterocycles. The standard InChI is InChI=1S/C71H59F10N4O.Pt/c1-35(2)38-27-47(36(3)4)56(48(28-38)37(5)6)39-25-42(32-44(26-39)86-43-21-22-46-45-17-13-14-18-51(45)85(54(46)33-43)55-31-40(23-24-82-55)70(7,8)9)83-34-84(53-20-16-15-19-52(53)83)69-49(57-59(72)63(76)67(80)64(77)60(57)73)29-41(71(10,11)12)30-50(69)58-61(74)65(78)68(81)66(79)62(58)75;/h13-31,34-37H,1-12H3;/q-3;. The fourth-order valence-electron chi connectivity index (χ4n) is 11.3. The fraction of sp³-hybridized carbons (Fsp3) is 0.239. The largest absolute Gasteiger partial charge is 0.509 e. The maximum absolute atomic E-state index is 16.6. The number of hydrogen-bond acceptors (Lipinski definition) is 4. The molecule has 2 aromatic heterocycles. The molecule has 0 saturated carbocycles. The molecule has 0 bridgehead atoms. The summed E-state index contributed by atoms with van der Waals surface area (Å²) in [5.41, 5.74) is 1.02. The molecule has 8 aromatic carbocycles. The van der Waals surface area contributed by atoms with Crippen LogP contribution in [0, 0.1) is 77.0 Å². The zero-order valence-electron chi connectivity index (χ0n) is 49.6. The minimum Gasteiger partial charge on any atom is -0.509 e. The van der Waals surface area contributed by atoms with Crippen molar-refractivity contribution in [3.63, 3.8) is 0 Å². The monoisotopic (exact) mass is 1370 g/mol. The Labute approximate surface area is 513 Å². The van der Waals surface area contributed by atoms with Crippen LogP contribution in [0.5, 0.6) is 11.5 Å². The second kappa shape index (κ2) is 23.0. The van der Waals surface area contributed by atoms with Crippen LogP contribution in [0.4, 0.5) is 66.7 Å². The first-order valence-corrected chi connectivity index (χ1v) is 28.2. The Morgan fingerprint density at radius 1 is 0.483 bits per heavy atom. The van der Waals surface area contributed by atoms with Gasteiger partial charge in [-0.15, -0.1) is 53.6 Å². The minimum absolute atomic E-state index is 0. The molecule has 0 atom stereocenters. The van der Waals surface area contributed by atoms with Crippen molar-refractivity contribution in [1.29, 1.82) is 0 Å². The van der Waals surface area contributed by atoms with Crippen LogP contribution >= 0.6 is 0 Å². The summed E-state index contributed by atoms with van der Waals surface area (Å²) in [5, 5.41) is 1.82. The van der Waals surface area contributed by atoms with E-state index in [9.17, 15) is 8.78 Å². The van der Waals surface area contributed by atoms with Crippen molar-refractivity contribution in [2.75, 3.05) is 9.80 Å². The molecule has 0 radical (unpaired) electrons. The molecule has 0 N–H and O–H groups in total. The third kappa shape index (κ3) is 10.8. The summed E-state index contributed by atoms with van der Waals surface area (Å²) >= 11 is 0. The van der Waals surface area contributed by atoms with Gasteiger partial charge in [-0.2, -0.15) is 6.07 Å². The molecule has 0 fully saturated rings. The van der Waals surface area contributed by atoms with Crippen molar-refractivity contribution in [2.24, 2.45) is 0 Å². The Morgan fingerprint density at radius 3 is 1.51 bits per heavy atom. The topological polar surface area (TPSA) is 33.5 Å². The van der Waals surface area contributed by atoms with Crippen LogP contribution in [0.25, 0.3) is 61.0 Å². The Kier molecular flexibility index (Phi) is 16.4. The summed E-state index contributed by atoms with van der Waals surface area (Å²) in [6.45, 7) is 25.0. The van der Waals surface area contributed by atoms with Crippen molar-refractivity contribution in [2.45, 2.75) is 112 Å². The third-order valence-electron chi connectivity index (χ3n) is 15.9. The number of hydrogen-bond donors (Lipinski definition) is 0. The first-order chi connectivity index (χ1) is 40.6. The van der Waals surface area contributed by atoms with Gasteiger partial charge in [0.15, 0.2) is 46.5 Å². The smallest absolute Gasteiger partial charge is 0.200 e. The quantitative estimate of drug-likeness (QED) is 0.0559. The Balaban J connectivity index is 0.00000838. The van der Waals surface area contributed by atoms with Gasteiger partial charge in [0.05, 0.1) is 11.1 Å². The van der Waals surface area contributed by atoms with Gasteiger partial charge < -0.3 is 19.1 Å². The van der Waals surface area contributed by atoms with Crippen molar-refractivity contribution in [1.82, 2.24) is 9.55 Å². The molecule has 0 unspecified atom stereocenters. The molecule has 11 rings (SSSR count). The average molecular weight is 1370 g/mol. The van der Waals surface area contributed by atoms with Crippen LogP contribution in [0.3, 0.4) is 0 Å². The van der Waals surface area contributed by atoms with E-state index >= 15 is 35.1 Å². The number of aromatic nitrogens is 2. The van der Waals surface area contributed by atoms with Gasteiger partial charge in [0, 0.05) is 72.5 Å². The van der Waals surface area contributed by atoms with E-state index < -0.39 is 91.5 Å². The molecule has 5 nitrogen and oxygen atoms in total. The van der Waals surface area contributed by atoms with Crippen molar-refractivity contribution >= 4 is 44.6 Å². The predicted octanol–water partition coefficient (Wildman–Crippen LogP) is 21.3. The number of pyridine rings is 1. The number of fused-ring (bicyclic) bond motifs is 4. The van der Waals surface area contributed by atoms with Crippen LogP contribution in [-0.4, -0.2) is 9.55 Å². The van der Waals surface area contributed by atoms with Gasteiger partial charge in [-0.05, 0) is 110 Å². The van der Waals surface area contributed by atoms with E-state index in [1.165, 1.54) is 12.7 Å². The molecule has 0 amide bonds. The average Bonchev–Trinajstić information content (AvgIpc) is 1.74. The summed E-state index contributed by atoms with van der Waals surface area (Å²) < 4.78 is 167. The van der Waals surface area contributed by atoms with Crippen molar-refractivity contribution in [3.05, 3.63) is 220 Å². The second-order valence-corrected chi connectivity index (χ2v) is 24.8. The number of ether oxygens (including phenoxy) is 1.